The molecule has 1 aromatic rings. The van der Waals surface area contributed by atoms with Gasteiger partial charge in [-0.15, -0.1) is 0 Å². The first-order valence-electron chi connectivity index (χ1n) is 8.31. The SMILES string of the molecule is CCCC(=O)N1CCN(C(=O)c2cc(OC)c(C)cc2OC)CC1. The maximum Gasteiger partial charge on any atom is 0.257 e. The first-order chi connectivity index (χ1) is 11.5. The van der Waals surface area contributed by atoms with Crippen LogP contribution in [-0.4, -0.2) is 62.0 Å². The molecule has 1 aromatic carbocycles. The number of benzene rings is 1. The summed E-state index contributed by atoms with van der Waals surface area (Å²) in [6.45, 7) is 6.13. The third-order valence-electron chi connectivity index (χ3n) is 4.33. The van der Waals surface area contributed by atoms with E-state index < -0.39 is 0 Å². The molecule has 0 atom stereocenters. The van der Waals surface area contributed by atoms with Gasteiger partial charge in [0.25, 0.3) is 5.91 Å². The van der Waals surface area contributed by atoms with Gasteiger partial charge in [-0.05, 0) is 31.0 Å². The third-order valence-corrected chi connectivity index (χ3v) is 4.33. The number of carbonyl (C=O) groups is 2. The lowest BCUT2D eigenvalue weighted by Crippen LogP contribution is -2.50. The van der Waals surface area contributed by atoms with Gasteiger partial charge in [-0.2, -0.15) is 0 Å². The average molecular weight is 334 g/mol. The molecule has 0 N–H and O–H groups in total. The molecule has 2 amide bonds. The van der Waals surface area contributed by atoms with E-state index in [1.54, 1.807) is 25.2 Å². The molecule has 1 aliphatic heterocycles. The van der Waals surface area contributed by atoms with E-state index in [9.17, 15) is 9.59 Å². The molecule has 0 aromatic heterocycles. The lowest BCUT2D eigenvalue weighted by atomic mass is 10.1. The Bertz CT molecular complexity index is 607. The summed E-state index contributed by atoms with van der Waals surface area (Å²) < 4.78 is 10.7. The van der Waals surface area contributed by atoms with Crippen molar-refractivity contribution in [3.8, 4) is 11.5 Å². The molecule has 1 saturated heterocycles. The van der Waals surface area contributed by atoms with E-state index in [0.29, 0.717) is 49.7 Å². The molecular weight excluding hydrogens is 308 g/mol. The zero-order chi connectivity index (χ0) is 17.7. The molecule has 132 valence electrons. The minimum atomic E-state index is -0.0901. The standard InChI is InChI=1S/C18H26N2O4/c1-5-6-17(21)19-7-9-20(10-8-19)18(22)14-12-15(23-3)13(2)11-16(14)24-4/h11-12H,5-10H2,1-4H3. The van der Waals surface area contributed by atoms with Gasteiger partial charge in [0.05, 0.1) is 19.8 Å². The van der Waals surface area contributed by atoms with Crippen molar-refractivity contribution in [1.82, 2.24) is 9.80 Å². The fourth-order valence-corrected chi connectivity index (χ4v) is 2.92. The highest BCUT2D eigenvalue weighted by Gasteiger charge is 2.26. The van der Waals surface area contributed by atoms with Gasteiger partial charge in [-0.3, -0.25) is 9.59 Å². The van der Waals surface area contributed by atoms with Crippen LogP contribution in [0.15, 0.2) is 12.1 Å². The van der Waals surface area contributed by atoms with Crippen molar-refractivity contribution in [1.29, 1.82) is 0 Å². The van der Waals surface area contributed by atoms with Gasteiger partial charge in [-0.25, -0.2) is 0 Å². The fourth-order valence-electron chi connectivity index (χ4n) is 2.92. The molecule has 1 aliphatic rings. The molecule has 2 rings (SSSR count). The smallest absolute Gasteiger partial charge is 0.257 e. The van der Waals surface area contributed by atoms with E-state index in [1.807, 2.05) is 24.8 Å². The summed E-state index contributed by atoms with van der Waals surface area (Å²) in [7, 11) is 3.14. The lowest BCUT2D eigenvalue weighted by molar-refractivity contribution is -0.132. The molecule has 1 fully saturated rings. The Morgan fingerprint density at radius 3 is 2.12 bits per heavy atom. The molecule has 0 spiro atoms. The maximum absolute atomic E-state index is 12.8. The molecule has 24 heavy (non-hydrogen) atoms. The van der Waals surface area contributed by atoms with Crippen molar-refractivity contribution in [3.05, 3.63) is 23.3 Å². The number of methoxy groups -OCH3 is 2. The second-order valence-corrected chi connectivity index (χ2v) is 5.95. The number of rotatable bonds is 5. The molecule has 0 saturated carbocycles. The van der Waals surface area contributed by atoms with E-state index in [1.165, 1.54) is 0 Å². The normalized spacial score (nSPS) is 14.5. The monoisotopic (exact) mass is 334 g/mol. The summed E-state index contributed by atoms with van der Waals surface area (Å²) in [6.07, 6.45) is 1.41. The number of ether oxygens (including phenoxy) is 2. The van der Waals surface area contributed by atoms with Crippen molar-refractivity contribution < 1.29 is 19.1 Å². The third kappa shape index (κ3) is 3.80. The number of hydrogen-bond donors (Lipinski definition) is 0. The van der Waals surface area contributed by atoms with Crippen LogP contribution in [0.4, 0.5) is 0 Å². The van der Waals surface area contributed by atoms with E-state index in [4.69, 9.17) is 9.47 Å². The van der Waals surface area contributed by atoms with Gasteiger partial charge < -0.3 is 19.3 Å². The number of hydrogen-bond acceptors (Lipinski definition) is 4. The van der Waals surface area contributed by atoms with Crippen molar-refractivity contribution in [2.45, 2.75) is 26.7 Å². The van der Waals surface area contributed by atoms with Crippen LogP contribution in [-0.2, 0) is 4.79 Å². The zero-order valence-electron chi connectivity index (χ0n) is 14.9. The average Bonchev–Trinajstić information content (AvgIpc) is 2.61. The van der Waals surface area contributed by atoms with Gasteiger partial charge in [0, 0.05) is 32.6 Å². The fraction of sp³-hybridized carbons (Fsp3) is 0.556. The molecule has 0 aliphatic carbocycles. The lowest BCUT2D eigenvalue weighted by Gasteiger charge is -2.35. The molecule has 1 heterocycles. The van der Waals surface area contributed by atoms with E-state index in [-0.39, 0.29) is 11.8 Å². The van der Waals surface area contributed by atoms with Crippen molar-refractivity contribution in [2.75, 3.05) is 40.4 Å². The van der Waals surface area contributed by atoms with Gasteiger partial charge in [-0.1, -0.05) is 6.92 Å². The van der Waals surface area contributed by atoms with E-state index in [2.05, 4.69) is 0 Å². The van der Waals surface area contributed by atoms with Crippen LogP contribution >= 0.6 is 0 Å². The number of carbonyl (C=O) groups excluding carboxylic acids is 2. The number of amides is 2. The Labute approximate surface area is 143 Å². The van der Waals surface area contributed by atoms with E-state index >= 15 is 0 Å². The molecule has 0 radical (unpaired) electrons. The van der Waals surface area contributed by atoms with Gasteiger partial charge in [0.15, 0.2) is 0 Å². The van der Waals surface area contributed by atoms with Crippen LogP contribution in [0.1, 0.15) is 35.7 Å². The molecule has 6 heteroatoms. The predicted octanol–water partition coefficient (Wildman–Crippen LogP) is 2.10. The minimum absolute atomic E-state index is 0.0901. The van der Waals surface area contributed by atoms with Crippen LogP contribution in [0.2, 0.25) is 0 Å². The van der Waals surface area contributed by atoms with Gasteiger partial charge in [0.2, 0.25) is 5.91 Å². The van der Waals surface area contributed by atoms with Gasteiger partial charge >= 0.3 is 0 Å². The van der Waals surface area contributed by atoms with Crippen LogP contribution in [0.3, 0.4) is 0 Å². The number of nitrogens with zero attached hydrogens (tertiary/aromatic N) is 2. The Morgan fingerprint density at radius 2 is 1.58 bits per heavy atom. The van der Waals surface area contributed by atoms with Crippen LogP contribution in [0.25, 0.3) is 0 Å². The summed E-state index contributed by atoms with van der Waals surface area (Å²) in [5, 5.41) is 0. The molecule has 0 bridgehead atoms. The Morgan fingerprint density at radius 1 is 1.00 bits per heavy atom. The second kappa shape index (κ2) is 8.04. The highest BCUT2D eigenvalue weighted by atomic mass is 16.5. The minimum Gasteiger partial charge on any atom is -0.496 e. The zero-order valence-corrected chi connectivity index (χ0v) is 14.9. The summed E-state index contributed by atoms with van der Waals surface area (Å²) in [5.41, 5.74) is 1.41. The predicted molar refractivity (Wildman–Crippen MR) is 91.7 cm³/mol. The van der Waals surface area contributed by atoms with Crippen LogP contribution in [0.5, 0.6) is 11.5 Å². The van der Waals surface area contributed by atoms with E-state index in [0.717, 1.165) is 12.0 Å². The summed E-state index contributed by atoms with van der Waals surface area (Å²) in [6, 6.07) is 3.54. The Balaban J connectivity index is 2.12. The Kier molecular flexibility index (Phi) is 6.06. The van der Waals surface area contributed by atoms with Crippen molar-refractivity contribution in [2.24, 2.45) is 0 Å². The summed E-state index contributed by atoms with van der Waals surface area (Å²) >= 11 is 0. The number of aryl methyl sites for hydroxylation is 1. The first-order valence-corrected chi connectivity index (χ1v) is 8.31. The molecule has 0 unspecified atom stereocenters. The quantitative estimate of drug-likeness (QED) is 0.827. The maximum atomic E-state index is 12.8. The molecular formula is C18H26N2O4. The van der Waals surface area contributed by atoms with Crippen LogP contribution in [0, 0.1) is 6.92 Å². The molecule has 6 nitrogen and oxygen atoms in total. The summed E-state index contributed by atoms with van der Waals surface area (Å²) in [5.74, 6) is 1.28. The first kappa shape index (κ1) is 18.1. The Hall–Kier alpha value is -2.24. The van der Waals surface area contributed by atoms with Crippen molar-refractivity contribution >= 4 is 11.8 Å². The highest BCUT2D eigenvalue weighted by Crippen LogP contribution is 2.29. The second-order valence-electron chi connectivity index (χ2n) is 5.95. The van der Waals surface area contributed by atoms with Crippen molar-refractivity contribution in [3.63, 3.8) is 0 Å². The number of piperazine rings is 1. The summed E-state index contributed by atoms with van der Waals surface area (Å²) in [4.78, 5) is 28.4. The van der Waals surface area contributed by atoms with Crippen LogP contribution < -0.4 is 9.47 Å². The topological polar surface area (TPSA) is 59.1 Å². The largest absolute Gasteiger partial charge is 0.496 e. The highest BCUT2D eigenvalue weighted by molar-refractivity contribution is 5.97. The van der Waals surface area contributed by atoms with Gasteiger partial charge in [0.1, 0.15) is 11.5 Å².